The SMILES string of the molecule is CCCCOP(=O)(CCCCC1(C(=O)NCCc2ccc(OC)c(OC)c2)c2ccccc2-c2ccccc21)OCCCC. The Kier molecular flexibility index (Phi) is 12.5. The van der Waals surface area contributed by atoms with Gasteiger partial charge in [0.15, 0.2) is 11.5 Å². The Morgan fingerprint density at radius 3 is 1.93 bits per heavy atom. The number of carbonyl (C=O) groups is 1. The Balaban J connectivity index is 1.53. The van der Waals surface area contributed by atoms with Gasteiger partial charge in [-0.2, -0.15) is 0 Å². The summed E-state index contributed by atoms with van der Waals surface area (Å²) >= 11 is 0. The number of fused-ring (bicyclic) bond motifs is 3. The van der Waals surface area contributed by atoms with E-state index in [9.17, 15) is 9.36 Å². The Labute approximate surface area is 263 Å². The standard InChI is InChI=1S/C36H48NO6P/c1-5-7-24-42-44(39,43-25-8-6-2)26-14-13-22-36(31-17-11-9-15-29(31)30-16-10-12-18-32(30)36)35(38)37-23-21-28-19-20-33(40-3)34(27-28)41-4/h9-12,15-20,27H,5-8,13-14,21-26H2,1-4H3,(H,37,38). The van der Waals surface area contributed by atoms with Crippen LogP contribution in [0.5, 0.6) is 11.5 Å². The molecule has 1 N–H and O–H groups in total. The van der Waals surface area contributed by atoms with Crippen LogP contribution in [-0.2, 0) is 30.2 Å². The number of methoxy groups -OCH3 is 2. The Bertz CT molecular complexity index is 1360. The fourth-order valence-electron chi connectivity index (χ4n) is 6.02. The van der Waals surface area contributed by atoms with Crippen LogP contribution in [0.15, 0.2) is 66.7 Å². The average molecular weight is 622 g/mol. The molecule has 0 fully saturated rings. The van der Waals surface area contributed by atoms with Gasteiger partial charge in [-0.05, 0) is 72.1 Å². The van der Waals surface area contributed by atoms with E-state index in [1.165, 1.54) is 0 Å². The number of hydrogen-bond donors (Lipinski definition) is 1. The highest BCUT2D eigenvalue weighted by Gasteiger charge is 2.48. The second-order valence-corrected chi connectivity index (χ2v) is 13.5. The van der Waals surface area contributed by atoms with Crippen LogP contribution in [0.4, 0.5) is 0 Å². The lowest BCUT2D eigenvalue weighted by molar-refractivity contribution is -0.125. The fraction of sp³-hybridized carbons (Fsp3) is 0.472. The summed E-state index contributed by atoms with van der Waals surface area (Å²) in [4.78, 5) is 14.4. The van der Waals surface area contributed by atoms with Gasteiger partial charge in [-0.3, -0.25) is 9.36 Å². The molecule has 0 saturated heterocycles. The van der Waals surface area contributed by atoms with Gasteiger partial charge in [0.2, 0.25) is 5.91 Å². The molecule has 238 valence electrons. The molecule has 8 heteroatoms. The summed E-state index contributed by atoms with van der Waals surface area (Å²) in [5.74, 6) is 1.33. The second-order valence-electron chi connectivity index (χ2n) is 11.4. The van der Waals surface area contributed by atoms with Gasteiger partial charge in [0.25, 0.3) is 0 Å². The van der Waals surface area contributed by atoms with E-state index in [1.807, 2.05) is 42.5 Å². The highest BCUT2D eigenvalue weighted by Crippen LogP contribution is 2.53. The summed E-state index contributed by atoms with van der Waals surface area (Å²) in [6.45, 7) is 5.52. The molecule has 0 atom stereocenters. The van der Waals surface area contributed by atoms with Crippen molar-refractivity contribution in [1.29, 1.82) is 0 Å². The largest absolute Gasteiger partial charge is 0.493 e. The van der Waals surface area contributed by atoms with Gasteiger partial charge in [-0.25, -0.2) is 0 Å². The normalized spacial score (nSPS) is 13.3. The van der Waals surface area contributed by atoms with Crippen molar-refractivity contribution in [3.63, 3.8) is 0 Å². The van der Waals surface area contributed by atoms with Crippen LogP contribution in [0.1, 0.15) is 75.5 Å². The van der Waals surface area contributed by atoms with Gasteiger partial charge < -0.3 is 23.8 Å². The van der Waals surface area contributed by atoms with E-state index in [1.54, 1.807) is 14.2 Å². The van der Waals surface area contributed by atoms with Crippen LogP contribution in [0, 0.1) is 0 Å². The lowest BCUT2D eigenvalue weighted by Crippen LogP contribution is -2.45. The summed E-state index contributed by atoms with van der Waals surface area (Å²) < 4.78 is 36.1. The zero-order valence-electron chi connectivity index (χ0n) is 26.7. The summed E-state index contributed by atoms with van der Waals surface area (Å²) in [6.07, 6.45) is 6.56. The molecular weight excluding hydrogens is 573 g/mol. The first kappa shape index (κ1) is 33.8. The molecule has 0 bridgehead atoms. The number of amides is 1. The summed E-state index contributed by atoms with van der Waals surface area (Å²) in [6, 6.07) is 22.3. The van der Waals surface area contributed by atoms with Crippen LogP contribution in [0.25, 0.3) is 11.1 Å². The molecule has 4 rings (SSSR count). The zero-order valence-corrected chi connectivity index (χ0v) is 27.6. The first-order chi connectivity index (χ1) is 21.4. The average Bonchev–Trinajstić information content (AvgIpc) is 3.34. The molecule has 0 aromatic heterocycles. The van der Waals surface area contributed by atoms with Gasteiger partial charge >= 0.3 is 7.60 Å². The van der Waals surface area contributed by atoms with Gasteiger partial charge in [-0.15, -0.1) is 0 Å². The van der Waals surface area contributed by atoms with E-state index in [-0.39, 0.29) is 5.91 Å². The molecule has 3 aromatic rings. The van der Waals surface area contributed by atoms with E-state index < -0.39 is 13.0 Å². The zero-order chi connectivity index (χ0) is 31.4. The van der Waals surface area contributed by atoms with Crippen LogP contribution < -0.4 is 14.8 Å². The molecule has 44 heavy (non-hydrogen) atoms. The van der Waals surface area contributed by atoms with Crippen LogP contribution >= 0.6 is 7.60 Å². The second kappa shape index (κ2) is 16.3. The number of benzene rings is 3. The van der Waals surface area contributed by atoms with Crippen molar-refractivity contribution in [2.45, 2.75) is 70.6 Å². The molecule has 0 unspecified atom stereocenters. The molecular formula is C36H48NO6P. The van der Waals surface area contributed by atoms with Crippen molar-refractivity contribution >= 4 is 13.5 Å². The highest BCUT2D eigenvalue weighted by atomic mass is 31.2. The van der Waals surface area contributed by atoms with Gasteiger partial charge in [-0.1, -0.05) is 87.7 Å². The third-order valence-corrected chi connectivity index (χ3v) is 10.4. The van der Waals surface area contributed by atoms with Crippen molar-refractivity contribution < 1.29 is 27.9 Å². The maximum atomic E-state index is 14.4. The maximum Gasteiger partial charge on any atom is 0.330 e. The van der Waals surface area contributed by atoms with Gasteiger partial charge in [0.05, 0.1) is 33.6 Å². The number of rotatable bonds is 19. The third-order valence-electron chi connectivity index (χ3n) is 8.40. The molecule has 1 aliphatic carbocycles. The predicted octanol–water partition coefficient (Wildman–Crippen LogP) is 8.33. The van der Waals surface area contributed by atoms with Crippen molar-refractivity contribution in [3.8, 4) is 22.6 Å². The lowest BCUT2D eigenvalue weighted by atomic mass is 9.73. The Morgan fingerprint density at radius 2 is 1.36 bits per heavy atom. The van der Waals surface area contributed by atoms with Crippen molar-refractivity contribution in [2.24, 2.45) is 0 Å². The molecule has 1 aliphatic rings. The fourth-order valence-corrected chi connectivity index (χ4v) is 7.78. The first-order valence-electron chi connectivity index (χ1n) is 16.0. The van der Waals surface area contributed by atoms with E-state index in [0.717, 1.165) is 53.5 Å². The molecule has 0 radical (unpaired) electrons. The number of unbranched alkanes of at least 4 members (excludes halogenated alkanes) is 3. The van der Waals surface area contributed by atoms with Crippen LogP contribution in [-0.4, -0.2) is 46.0 Å². The van der Waals surface area contributed by atoms with E-state index in [2.05, 4.69) is 43.4 Å². The van der Waals surface area contributed by atoms with Crippen molar-refractivity contribution in [2.75, 3.05) is 40.1 Å². The quantitative estimate of drug-likeness (QED) is 0.107. The number of hydrogen-bond acceptors (Lipinski definition) is 6. The molecule has 0 heterocycles. The number of carbonyl (C=O) groups excluding carboxylic acids is 1. The lowest BCUT2D eigenvalue weighted by Gasteiger charge is -2.31. The molecule has 0 saturated carbocycles. The first-order valence-corrected chi connectivity index (χ1v) is 17.7. The summed E-state index contributed by atoms with van der Waals surface area (Å²) in [5, 5.41) is 3.27. The molecule has 3 aromatic carbocycles. The minimum absolute atomic E-state index is 0.0167. The van der Waals surface area contributed by atoms with Crippen molar-refractivity contribution in [3.05, 3.63) is 83.4 Å². The predicted molar refractivity (Wildman–Crippen MR) is 177 cm³/mol. The van der Waals surface area contributed by atoms with Gasteiger partial charge in [0, 0.05) is 6.54 Å². The van der Waals surface area contributed by atoms with Gasteiger partial charge in [0.1, 0.15) is 5.41 Å². The van der Waals surface area contributed by atoms with E-state index >= 15 is 0 Å². The third kappa shape index (κ3) is 7.74. The highest BCUT2D eigenvalue weighted by molar-refractivity contribution is 7.53. The smallest absolute Gasteiger partial charge is 0.330 e. The number of nitrogens with one attached hydrogen (secondary N) is 1. The monoisotopic (exact) mass is 621 g/mol. The number of ether oxygens (including phenoxy) is 2. The molecule has 7 nitrogen and oxygen atoms in total. The topological polar surface area (TPSA) is 83.1 Å². The van der Waals surface area contributed by atoms with E-state index in [0.29, 0.717) is 63.1 Å². The maximum absolute atomic E-state index is 14.4. The summed E-state index contributed by atoms with van der Waals surface area (Å²) in [5.41, 5.74) is 4.43. The Hall–Kier alpha value is -3.12. The van der Waals surface area contributed by atoms with E-state index in [4.69, 9.17) is 18.5 Å². The summed E-state index contributed by atoms with van der Waals surface area (Å²) in [7, 11) is 0.0358. The van der Waals surface area contributed by atoms with Crippen molar-refractivity contribution in [1.82, 2.24) is 5.32 Å². The van der Waals surface area contributed by atoms with Crippen LogP contribution in [0.3, 0.4) is 0 Å². The molecule has 1 amide bonds. The van der Waals surface area contributed by atoms with Crippen LogP contribution in [0.2, 0.25) is 0 Å². The molecule has 0 spiro atoms. The molecule has 0 aliphatic heterocycles. The Morgan fingerprint density at radius 1 is 0.773 bits per heavy atom. The minimum atomic E-state index is -3.20. The minimum Gasteiger partial charge on any atom is -0.493 e.